The van der Waals surface area contributed by atoms with E-state index >= 15 is 0 Å². The maximum atomic E-state index is 15.0. The van der Waals surface area contributed by atoms with Crippen LogP contribution in [-0.2, 0) is 21.1 Å². The van der Waals surface area contributed by atoms with Gasteiger partial charge in [0, 0.05) is 11.4 Å². The van der Waals surface area contributed by atoms with E-state index < -0.39 is 32.7 Å². The SMILES string of the molecule is Cc1nc2ccc(Cl)cc2c(=O)n1-c1ccc(CC(=O)CS(=O)(=O)c2ccc(Cl)s2)cc1F. The van der Waals surface area contributed by atoms with E-state index in [9.17, 15) is 22.4 Å². The molecule has 0 fully saturated rings. The van der Waals surface area contributed by atoms with Crippen LogP contribution in [-0.4, -0.2) is 29.5 Å². The highest BCUT2D eigenvalue weighted by molar-refractivity contribution is 7.94. The smallest absolute Gasteiger partial charge is 0.266 e. The largest absolute Gasteiger partial charge is 0.298 e. The van der Waals surface area contributed by atoms with Crippen LogP contribution in [0.25, 0.3) is 16.6 Å². The van der Waals surface area contributed by atoms with E-state index in [2.05, 4.69) is 4.98 Å². The van der Waals surface area contributed by atoms with Gasteiger partial charge in [0.05, 0.1) is 20.9 Å². The number of benzene rings is 2. The van der Waals surface area contributed by atoms with Crippen molar-refractivity contribution in [3.63, 3.8) is 0 Å². The molecule has 0 saturated carbocycles. The molecule has 0 amide bonds. The molecule has 2 aromatic carbocycles. The second-order valence-corrected chi connectivity index (χ2v) is 11.6. The fourth-order valence-electron chi connectivity index (χ4n) is 3.42. The van der Waals surface area contributed by atoms with E-state index in [1.165, 1.54) is 30.3 Å². The number of fused-ring (bicyclic) bond motifs is 1. The lowest BCUT2D eigenvalue weighted by Crippen LogP contribution is -2.23. The van der Waals surface area contributed by atoms with Crippen LogP contribution in [0.3, 0.4) is 0 Å². The summed E-state index contributed by atoms with van der Waals surface area (Å²) in [7, 11) is -3.83. The Morgan fingerprint density at radius 1 is 1.12 bits per heavy atom. The molecule has 0 saturated heterocycles. The molecule has 0 aliphatic carbocycles. The maximum absolute atomic E-state index is 15.0. The van der Waals surface area contributed by atoms with E-state index in [1.807, 2.05) is 0 Å². The van der Waals surface area contributed by atoms with Crippen molar-refractivity contribution in [1.82, 2.24) is 9.55 Å². The van der Waals surface area contributed by atoms with E-state index in [-0.39, 0.29) is 33.1 Å². The molecule has 0 radical (unpaired) electrons. The lowest BCUT2D eigenvalue weighted by atomic mass is 10.1. The maximum Gasteiger partial charge on any atom is 0.266 e. The van der Waals surface area contributed by atoms with Crippen LogP contribution in [0.5, 0.6) is 0 Å². The molecule has 0 bridgehead atoms. The minimum atomic E-state index is -3.83. The second-order valence-electron chi connectivity index (χ2n) is 7.28. The van der Waals surface area contributed by atoms with Crippen LogP contribution >= 0.6 is 34.5 Å². The van der Waals surface area contributed by atoms with Gasteiger partial charge in [-0.1, -0.05) is 29.3 Å². The molecule has 0 N–H and O–H groups in total. The number of nitrogens with zero attached hydrogens (tertiary/aromatic N) is 2. The Bertz CT molecular complexity index is 1580. The third kappa shape index (κ3) is 4.86. The Labute approximate surface area is 202 Å². The van der Waals surface area contributed by atoms with Gasteiger partial charge in [0.1, 0.15) is 21.6 Å². The first kappa shape index (κ1) is 23.6. The Balaban J connectivity index is 1.62. The van der Waals surface area contributed by atoms with E-state index in [0.717, 1.165) is 22.0 Å². The molecular weight excluding hydrogens is 510 g/mol. The highest BCUT2D eigenvalue weighted by Gasteiger charge is 2.22. The lowest BCUT2D eigenvalue weighted by molar-refractivity contribution is -0.116. The topological polar surface area (TPSA) is 86.1 Å². The molecule has 0 unspecified atom stereocenters. The predicted molar refractivity (Wildman–Crippen MR) is 127 cm³/mol. The minimum Gasteiger partial charge on any atom is -0.298 e. The summed E-state index contributed by atoms with van der Waals surface area (Å²) in [5, 5.41) is 0.594. The molecule has 11 heteroatoms. The van der Waals surface area contributed by atoms with Gasteiger partial charge in [-0.05, 0) is 55.0 Å². The zero-order valence-electron chi connectivity index (χ0n) is 17.0. The number of Topliss-reactive ketones (excluding diaryl/α,β-unsaturated/α-hetero) is 1. The Morgan fingerprint density at radius 3 is 2.55 bits per heavy atom. The van der Waals surface area contributed by atoms with Crippen molar-refractivity contribution < 1.29 is 17.6 Å². The Hall–Kier alpha value is -2.59. The number of aryl methyl sites for hydroxylation is 1. The molecule has 0 aliphatic rings. The van der Waals surface area contributed by atoms with Crippen LogP contribution in [0.15, 0.2) is 57.5 Å². The molecule has 4 rings (SSSR count). The van der Waals surface area contributed by atoms with Crippen molar-refractivity contribution >= 4 is 61.1 Å². The molecule has 0 atom stereocenters. The second kappa shape index (κ2) is 8.98. The van der Waals surface area contributed by atoms with Crippen molar-refractivity contribution in [2.24, 2.45) is 0 Å². The summed E-state index contributed by atoms with van der Waals surface area (Å²) in [4.78, 5) is 29.7. The summed E-state index contributed by atoms with van der Waals surface area (Å²) in [6, 6.07) is 11.4. The number of ketones is 1. The fourth-order valence-corrected chi connectivity index (χ4v) is 6.40. The van der Waals surface area contributed by atoms with Crippen molar-refractivity contribution in [3.05, 3.63) is 85.4 Å². The number of carbonyl (C=O) groups excluding carboxylic acids is 1. The van der Waals surface area contributed by atoms with Crippen LogP contribution in [0, 0.1) is 12.7 Å². The minimum absolute atomic E-state index is 0.00105. The summed E-state index contributed by atoms with van der Waals surface area (Å²) in [6.07, 6.45) is -0.283. The number of halogens is 3. The monoisotopic (exact) mass is 524 g/mol. The zero-order chi connectivity index (χ0) is 23.9. The molecule has 2 heterocycles. The number of carbonyl (C=O) groups is 1. The number of rotatable bonds is 6. The first-order valence-electron chi connectivity index (χ1n) is 9.53. The summed E-state index contributed by atoms with van der Waals surface area (Å²) >= 11 is 12.6. The quantitative estimate of drug-likeness (QED) is 0.362. The Kier molecular flexibility index (Phi) is 6.41. The molecule has 2 aromatic heterocycles. The molecule has 33 heavy (non-hydrogen) atoms. The standard InChI is InChI=1S/C22H15Cl2FN2O4S2/c1-12-26-18-4-3-14(23)10-16(18)22(29)27(12)19-5-2-13(9-17(19)25)8-15(28)11-33(30,31)21-7-6-20(24)32-21/h2-7,9-10H,8,11H2,1H3. The van der Waals surface area contributed by atoms with Gasteiger partial charge in [-0.3, -0.25) is 14.2 Å². The first-order valence-corrected chi connectivity index (χ1v) is 12.7. The van der Waals surface area contributed by atoms with Gasteiger partial charge in [-0.2, -0.15) is 0 Å². The van der Waals surface area contributed by atoms with Gasteiger partial charge >= 0.3 is 0 Å². The number of aromatic nitrogens is 2. The van der Waals surface area contributed by atoms with Gasteiger partial charge in [0.25, 0.3) is 5.56 Å². The van der Waals surface area contributed by atoms with Crippen LogP contribution in [0.2, 0.25) is 9.36 Å². The number of thiophene rings is 1. The van der Waals surface area contributed by atoms with Crippen LogP contribution in [0.1, 0.15) is 11.4 Å². The van der Waals surface area contributed by atoms with Gasteiger partial charge < -0.3 is 0 Å². The highest BCUT2D eigenvalue weighted by Crippen LogP contribution is 2.27. The average molecular weight is 525 g/mol. The average Bonchev–Trinajstić information content (AvgIpc) is 3.17. The molecule has 170 valence electrons. The van der Waals surface area contributed by atoms with Crippen molar-refractivity contribution in [1.29, 1.82) is 0 Å². The van der Waals surface area contributed by atoms with E-state index in [1.54, 1.807) is 19.1 Å². The van der Waals surface area contributed by atoms with Crippen LogP contribution < -0.4 is 5.56 Å². The fraction of sp³-hybridized carbons (Fsp3) is 0.136. The van der Waals surface area contributed by atoms with Crippen molar-refractivity contribution in [2.45, 2.75) is 17.6 Å². The summed E-state index contributed by atoms with van der Waals surface area (Å²) in [5.41, 5.74) is 0.199. The summed E-state index contributed by atoms with van der Waals surface area (Å²) in [5.74, 6) is -1.79. The van der Waals surface area contributed by atoms with E-state index in [0.29, 0.717) is 14.9 Å². The third-order valence-corrected chi connectivity index (χ3v) is 8.58. The molecule has 0 spiro atoms. The zero-order valence-corrected chi connectivity index (χ0v) is 20.2. The van der Waals surface area contributed by atoms with Crippen LogP contribution in [0.4, 0.5) is 4.39 Å². The summed E-state index contributed by atoms with van der Waals surface area (Å²) < 4.78 is 41.1. The highest BCUT2D eigenvalue weighted by atomic mass is 35.5. The Morgan fingerprint density at radius 2 is 1.88 bits per heavy atom. The first-order chi connectivity index (χ1) is 15.5. The number of sulfone groups is 1. The van der Waals surface area contributed by atoms with Gasteiger partial charge in [0.2, 0.25) is 0 Å². The number of hydrogen-bond acceptors (Lipinski definition) is 6. The number of hydrogen-bond donors (Lipinski definition) is 0. The molecule has 4 aromatic rings. The van der Waals surface area contributed by atoms with E-state index in [4.69, 9.17) is 23.2 Å². The van der Waals surface area contributed by atoms with Gasteiger partial charge in [-0.25, -0.2) is 17.8 Å². The molecular formula is C22H15Cl2FN2O4S2. The molecule has 6 nitrogen and oxygen atoms in total. The molecule has 0 aliphatic heterocycles. The lowest BCUT2D eigenvalue weighted by Gasteiger charge is -2.13. The van der Waals surface area contributed by atoms with Gasteiger partial charge in [0.15, 0.2) is 15.6 Å². The van der Waals surface area contributed by atoms with Crippen molar-refractivity contribution in [2.75, 3.05) is 5.75 Å². The third-order valence-electron chi connectivity index (χ3n) is 4.86. The van der Waals surface area contributed by atoms with Gasteiger partial charge in [-0.15, -0.1) is 11.3 Å². The summed E-state index contributed by atoms with van der Waals surface area (Å²) in [6.45, 7) is 1.58. The predicted octanol–water partition coefficient (Wildman–Crippen LogP) is 4.79. The van der Waals surface area contributed by atoms with Crippen molar-refractivity contribution in [3.8, 4) is 5.69 Å². The normalized spacial score (nSPS) is 11.8.